The summed E-state index contributed by atoms with van der Waals surface area (Å²) in [6.45, 7) is 2.66. The summed E-state index contributed by atoms with van der Waals surface area (Å²) in [7, 11) is 0. The molecule has 1 atom stereocenters. The van der Waals surface area contributed by atoms with Crippen LogP contribution in [0.4, 0.5) is 0 Å². The van der Waals surface area contributed by atoms with E-state index in [1.807, 2.05) is 24.3 Å². The van der Waals surface area contributed by atoms with Gasteiger partial charge in [-0.1, -0.05) is 25.1 Å². The van der Waals surface area contributed by atoms with Gasteiger partial charge in [-0.2, -0.15) is 10.2 Å². The summed E-state index contributed by atoms with van der Waals surface area (Å²) in [5.74, 6) is 0.270. The van der Waals surface area contributed by atoms with Gasteiger partial charge in [0.1, 0.15) is 0 Å². The molecule has 1 aromatic heterocycles. The third kappa shape index (κ3) is 1.59. The molecule has 1 aromatic carbocycles. The van der Waals surface area contributed by atoms with Crippen LogP contribution in [0.2, 0.25) is 0 Å². The zero-order chi connectivity index (χ0) is 9.97. The van der Waals surface area contributed by atoms with Crippen LogP contribution in [0.1, 0.15) is 18.5 Å². The monoisotopic (exact) mass is 187 g/mol. The van der Waals surface area contributed by atoms with Crippen molar-refractivity contribution < 1.29 is 0 Å². The van der Waals surface area contributed by atoms with Gasteiger partial charge in [0.2, 0.25) is 0 Å². The van der Waals surface area contributed by atoms with Gasteiger partial charge in [-0.25, -0.2) is 0 Å². The van der Waals surface area contributed by atoms with Crippen LogP contribution in [-0.4, -0.2) is 16.7 Å². The van der Waals surface area contributed by atoms with Crippen molar-refractivity contribution in [2.75, 3.05) is 6.54 Å². The van der Waals surface area contributed by atoms with Crippen LogP contribution < -0.4 is 5.73 Å². The number of rotatable bonds is 2. The van der Waals surface area contributed by atoms with Crippen molar-refractivity contribution in [1.29, 1.82) is 0 Å². The molecule has 0 amide bonds. The second kappa shape index (κ2) is 3.72. The van der Waals surface area contributed by atoms with E-state index in [-0.39, 0.29) is 5.92 Å². The highest BCUT2D eigenvalue weighted by Gasteiger charge is 2.05. The first-order valence-corrected chi connectivity index (χ1v) is 4.73. The zero-order valence-corrected chi connectivity index (χ0v) is 8.14. The molecule has 0 saturated heterocycles. The van der Waals surface area contributed by atoms with Gasteiger partial charge in [0, 0.05) is 17.8 Å². The molecule has 2 N–H and O–H groups in total. The fourth-order valence-electron chi connectivity index (χ4n) is 1.36. The number of benzene rings is 1. The second-order valence-electron chi connectivity index (χ2n) is 3.46. The van der Waals surface area contributed by atoms with Crippen LogP contribution in [-0.2, 0) is 0 Å². The van der Waals surface area contributed by atoms with Crippen molar-refractivity contribution in [2.24, 2.45) is 5.73 Å². The van der Waals surface area contributed by atoms with E-state index >= 15 is 0 Å². The highest BCUT2D eigenvalue weighted by atomic mass is 15.1. The number of fused-ring (bicyclic) bond motifs is 1. The number of hydrogen-bond donors (Lipinski definition) is 1. The van der Waals surface area contributed by atoms with Crippen molar-refractivity contribution in [3.63, 3.8) is 0 Å². The van der Waals surface area contributed by atoms with Gasteiger partial charge in [0.05, 0.1) is 11.2 Å². The number of nitrogens with two attached hydrogens (primary N) is 1. The third-order valence-electron chi connectivity index (χ3n) is 2.37. The molecular formula is C11H13N3. The van der Waals surface area contributed by atoms with Crippen LogP contribution in [0.15, 0.2) is 30.3 Å². The number of hydrogen-bond acceptors (Lipinski definition) is 3. The Hall–Kier alpha value is -1.48. The fraction of sp³-hybridized carbons (Fsp3) is 0.273. The van der Waals surface area contributed by atoms with Gasteiger partial charge in [-0.05, 0) is 12.1 Å². The van der Waals surface area contributed by atoms with Crippen LogP contribution in [0.3, 0.4) is 0 Å². The second-order valence-corrected chi connectivity index (χ2v) is 3.46. The van der Waals surface area contributed by atoms with E-state index in [9.17, 15) is 0 Å². The molecule has 0 fully saturated rings. The smallest absolute Gasteiger partial charge is 0.0929 e. The van der Waals surface area contributed by atoms with Crippen LogP contribution >= 0.6 is 0 Å². The quantitative estimate of drug-likeness (QED) is 0.778. The topological polar surface area (TPSA) is 51.8 Å². The maximum Gasteiger partial charge on any atom is 0.0929 e. The standard InChI is InChI=1S/C11H13N3/c1-8(7-12)11-6-9-4-2-3-5-10(9)13-14-11/h2-6,8H,7,12H2,1H3. The molecule has 3 nitrogen and oxygen atoms in total. The fourth-order valence-corrected chi connectivity index (χ4v) is 1.36. The van der Waals surface area contributed by atoms with Crippen molar-refractivity contribution in [2.45, 2.75) is 12.8 Å². The van der Waals surface area contributed by atoms with Gasteiger partial charge in [-0.3, -0.25) is 0 Å². The normalized spacial score (nSPS) is 13.0. The van der Waals surface area contributed by atoms with E-state index < -0.39 is 0 Å². The minimum absolute atomic E-state index is 0.270. The largest absolute Gasteiger partial charge is 0.330 e. The minimum atomic E-state index is 0.270. The number of aromatic nitrogens is 2. The first-order valence-electron chi connectivity index (χ1n) is 4.73. The lowest BCUT2D eigenvalue weighted by molar-refractivity contribution is 0.729. The van der Waals surface area contributed by atoms with Gasteiger partial charge in [0.25, 0.3) is 0 Å². The van der Waals surface area contributed by atoms with Crippen molar-refractivity contribution >= 4 is 10.9 Å². The predicted molar refractivity (Wildman–Crippen MR) is 57.0 cm³/mol. The molecule has 0 aliphatic carbocycles. The van der Waals surface area contributed by atoms with E-state index in [1.54, 1.807) is 0 Å². The molecule has 0 spiro atoms. The maximum atomic E-state index is 5.58. The Labute approximate surface area is 83.0 Å². The lowest BCUT2D eigenvalue weighted by Crippen LogP contribution is -2.10. The molecule has 0 aliphatic rings. The molecule has 1 unspecified atom stereocenters. The van der Waals surface area contributed by atoms with E-state index in [1.165, 1.54) is 0 Å². The lowest BCUT2D eigenvalue weighted by Gasteiger charge is -2.07. The van der Waals surface area contributed by atoms with Gasteiger partial charge < -0.3 is 5.73 Å². The SMILES string of the molecule is CC(CN)c1cc2ccccc2nn1. The lowest BCUT2D eigenvalue weighted by atomic mass is 10.1. The summed E-state index contributed by atoms with van der Waals surface area (Å²) >= 11 is 0. The highest BCUT2D eigenvalue weighted by molar-refractivity contribution is 5.77. The molecule has 0 radical (unpaired) electrons. The Morgan fingerprint density at radius 1 is 1.29 bits per heavy atom. The summed E-state index contributed by atoms with van der Waals surface area (Å²) in [6, 6.07) is 10.0. The first-order chi connectivity index (χ1) is 6.81. The molecular weight excluding hydrogens is 174 g/mol. The Bertz CT molecular complexity index is 439. The average Bonchev–Trinajstić information content (AvgIpc) is 2.27. The molecule has 14 heavy (non-hydrogen) atoms. The van der Waals surface area contributed by atoms with Crippen molar-refractivity contribution in [1.82, 2.24) is 10.2 Å². The predicted octanol–water partition coefficient (Wildman–Crippen LogP) is 1.69. The van der Waals surface area contributed by atoms with Gasteiger partial charge in [-0.15, -0.1) is 0 Å². The maximum absolute atomic E-state index is 5.58. The average molecular weight is 187 g/mol. The Kier molecular flexibility index (Phi) is 2.41. The third-order valence-corrected chi connectivity index (χ3v) is 2.37. The highest BCUT2D eigenvalue weighted by Crippen LogP contribution is 2.15. The zero-order valence-electron chi connectivity index (χ0n) is 8.14. The molecule has 0 aliphatic heterocycles. The van der Waals surface area contributed by atoms with Gasteiger partial charge in [0.15, 0.2) is 0 Å². The molecule has 2 aromatic rings. The summed E-state index contributed by atoms with van der Waals surface area (Å²) in [5, 5.41) is 9.42. The van der Waals surface area contributed by atoms with Crippen LogP contribution in [0.25, 0.3) is 10.9 Å². The summed E-state index contributed by atoms with van der Waals surface area (Å²) < 4.78 is 0. The van der Waals surface area contributed by atoms with E-state index in [0.717, 1.165) is 16.6 Å². The summed E-state index contributed by atoms with van der Waals surface area (Å²) in [4.78, 5) is 0. The van der Waals surface area contributed by atoms with E-state index in [4.69, 9.17) is 5.73 Å². The molecule has 72 valence electrons. The van der Waals surface area contributed by atoms with E-state index in [2.05, 4.69) is 23.2 Å². The molecule has 3 heteroatoms. The summed E-state index contributed by atoms with van der Waals surface area (Å²) in [6.07, 6.45) is 0. The minimum Gasteiger partial charge on any atom is -0.330 e. The molecule has 1 heterocycles. The molecule has 0 bridgehead atoms. The van der Waals surface area contributed by atoms with Crippen molar-refractivity contribution in [3.05, 3.63) is 36.0 Å². The number of nitrogens with zero attached hydrogens (tertiary/aromatic N) is 2. The van der Waals surface area contributed by atoms with Gasteiger partial charge >= 0.3 is 0 Å². The summed E-state index contributed by atoms with van der Waals surface area (Å²) in [5.41, 5.74) is 7.48. The first kappa shape index (κ1) is 9.09. The van der Waals surface area contributed by atoms with E-state index in [0.29, 0.717) is 6.54 Å². The van der Waals surface area contributed by atoms with Crippen LogP contribution in [0.5, 0.6) is 0 Å². The Morgan fingerprint density at radius 3 is 2.86 bits per heavy atom. The molecule has 2 rings (SSSR count). The Balaban J connectivity index is 2.51. The molecule has 0 saturated carbocycles. The van der Waals surface area contributed by atoms with Crippen LogP contribution in [0, 0.1) is 0 Å². The van der Waals surface area contributed by atoms with Crippen molar-refractivity contribution in [3.8, 4) is 0 Å². The Morgan fingerprint density at radius 2 is 2.07 bits per heavy atom.